The summed E-state index contributed by atoms with van der Waals surface area (Å²) in [6.45, 7) is 7.44. The number of benzene rings is 1. The first-order chi connectivity index (χ1) is 14.1. The van der Waals surface area contributed by atoms with Crippen molar-refractivity contribution in [3.63, 3.8) is 0 Å². The van der Waals surface area contributed by atoms with Crippen LogP contribution in [0.25, 0.3) is 0 Å². The van der Waals surface area contributed by atoms with Crippen molar-refractivity contribution in [2.75, 3.05) is 26.2 Å². The molecule has 2 amide bonds. The zero-order valence-electron chi connectivity index (χ0n) is 18.2. The van der Waals surface area contributed by atoms with Crippen molar-refractivity contribution in [1.29, 1.82) is 0 Å². The fourth-order valence-electron chi connectivity index (χ4n) is 6.19. The molecule has 0 unspecified atom stereocenters. The Morgan fingerprint density at radius 1 is 1.07 bits per heavy atom. The van der Waals surface area contributed by atoms with Gasteiger partial charge in [-0.2, -0.15) is 0 Å². The lowest BCUT2D eigenvalue weighted by atomic mass is 9.73. The lowest BCUT2D eigenvalue weighted by molar-refractivity contribution is -0.137. The first kappa shape index (κ1) is 20.4. The van der Waals surface area contributed by atoms with Gasteiger partial charge < -0.3 is 9.80 Å². The Bertz CT molecular complexity index is 741. The molecule has 1 saturated carbocycles. The lowest BCUT2D eigenvalue weighted by Gasteiger charge is -2.41. The summed E-state index contributed by atoms with van der Waals surface area (Å²) >= 11 is 0. The molecule has 0 N–H and O–H groups in total. The molecule has 1 spiro atoms. The number of hydrogen-bond donors (Lipinski definition) is 0. The average molecular weight is 397 g/mol. The van der Waals surface area contributed by atoms with Gasteiger partial charge in [-0.05, 0) is 68.4 Å². The molecule has 0 bridgehead atoms. The summed E-state index contributed by atoms with van der Waals surface area (Å²) in [5, 5.41) is 0. The van der Waals surface area contributed by atoms with Gasteiger partial charge in [0.25, 0.3) is 0 Å². The molecule has 0 radical (unpaired) electrons. The predicted molar refractivity (Wildman–Crippen MR) is 116 cm³/mol. The largest absolute Gasteiger partial charge is 0.343 e. The highest BCUT2D eigenvalue weighted by molar-refractivity contribution is 5.79. The van der Waals surface area contributed by atoms with Crippen molar-refractivity contribution < 1.29 is 9.59 Å². The summed E-state index contributed by atoms with van der Waals surface area (Å²) in [6, 6.07) is 8.78. The number of nitrogens with zero attached hydrogens (tertiary/aromatic N) is 2. The molecule has 1 saturated heterocycles. The smallest absolute Gasteiger partial charge is 0.225 e. The van der Waals surface area contributed by atoms with Crippen LogP contribution < -0.4 is 0 Å². The van der Waals surface area contributed by atoms with Crippen LogP contribution in [0.4, 0.5) is 0 Å². The molecular formula is C25H36N2O2. The minimum atomic E-state index is 0.150. The number of amides is 2. The maximum Gasteiger partial charge on any atom is 0.225 e. The van der Waals surface area contributed by atoms with E-state index in [9.17, 15) is 9.59 Å². The van der Waals surface area contributed by atoms with E-state index in [1.54, 1.807) is 0 Å². The molecule has 2 aliphatic carbocycles. The van der Waals surface area contributed by atoms with Gasteiger partial charge in [0.1, 0.15) is 0 Å². The van der Waals surface area contributed by atoms with Crippen molar-refractivity contribution >= 4 is 11.8 Å². The Hall–Kier alpha value is -1.84. The highest BCUT2D eigenvalue weighted by atomic mass is 16.2. The van der Waals surface area contributed by atoms with Crippen LogP contribution in [0, 0.1) is 5.92 Å². The molecular weight excluding hydrogens is 360 g/mol. The molecule has 4 heteroatoms. The Labute approximate surface area is 175 Å². The summed E-state index contributed by atoms with van der Waals surface area (Å²) < 4.78 is 0. The van der Waals surface area contributed by atoms with Crippen LogP contribution in [-0.4, -0.2) is 47.8 Å². The van der Waals surface area contributed by atoms with Crippen LogP contribution in [0.2, 0.25) is 0 Å². The number of carbonyl (C=O) groups excluding carboxylic acids is 2. The Balaban J connectivity index is 1.47. The quantitative estimate of drug-likeness (QED) is 0.736. The van der Waals surface area contributed by atoms with E-state index >= 15 is 0 Å². The van der Waals surface area contributed by atoms with Gasteiger partial charge in [0, 0.05) is 38.5 Å². The zero-order valence-corrected chi connectivity index (χ0v) is 18.2. The zero-order chi connectivity index (χ0) is 20.4. The van der Waals surface area contributed by atoms with Crippen LogP contribution in [0.15, 0.2) is 24.3 Å². The molecule has 1 aliphatic heterocycles. The first-order valence-electron chi connectivity index (χ1n) is 11.7. The average Bonchev–Trinajstić information content (AvgIpc) is 3.37. The van der Waals surface area contributed by atoms with Gasteiger partial charge in [-0.15, -0.1) is 0 Å². The molecule has 1 heterocycles. The summed E-state index contributed by atoms with van der Waals surface area (Å²) in [7, 11) is 0. The molecule has 29 heavy (non-hydrogen) atoms. The predicted octanol–water partition coefficient (Wildman–Crippen LogP) is 4.48. The summed E-state index contributed by atoms with van der Waals surface area (Å²) in [6.07, 6.45) is 8.35. The molecule has 1 aromatic rings. The monoisotopic (exact) mass is 396 g/mol. The maximum absolute atomic E-state index is 12.9. The Morgan fingerprint density at radius 2 is 1.72 bits per heavy atom. The van der Waals surface area contributed by atoms with Crippen molar-refractivity contribution in [1.82, 2.24) is 9.80 Å². The van der Waals surface area contributed by atoms with Crippen LogP contribution in [0.1, 0.15) is 82.3 Å². The van der Waals surface area contributed by atoms with E-state index in [4.69, 9.17) is 0 Å². The van der Waals surface area contributed by atoms with E-state index in [0.717, 1.165) is 58.3 Å². The molecule has 1 aromatic carbocycles. The van der Waals surface area contributed by atoms with Gasteiger partial charge in [-0.25, -0.2) is 0 Å². The molecule has 2 fully saturated rings. The number of rotatable bonds is 5. The van der Waals surface area contributed by atoms with Gasteiger partial charge >= 0.3 is 0 Å². The molecule has 4 nitrogen and oxygen atoms in total. The minimum absolute atomic E-state index is 0.150. The third-order valence-electron chi connectivity index (χ3n) is 7.88. The van der Waals surface area contributed by atoms with Crippen molar-refractivity contribution in [3.8, 4) is 0 Å². The van der Waals surface area contributed by atoms with E-state index in [1.165, 1.54) is 24.0 Å². The molecule has 1 atom stereocenters. The third-order valence-corrected chi connectivity index (χ3v) is 7.88. The van der Waals surface area contributed by atoms with Gasteiger partial charge in [0.2, 0.25) is 11.8 Å². The second kappa shape index (κ2) is 8.49. The Kier molecular flexibility index (Phi) is 5.98. The fourth-order valence-corrected chi connectivity index (χ4v) is 6.19. The fraction of sp³-hybridized carbons (Fsp3) is 0.680. The van der Waals surface area contributed by atoms with E-state index in [2.05, 4.69) is 43.0 Å². The highest BCUT2D eigenvalue weighted by Gasteiger charge is 2.46. The first-order valence-corrected chi connectivity index (χ1v) is 11.7. The number of carbonyl (C=O) groups is 2. The van der Waals surface area contributed by atoms with E-state index < -0.39 is 0 Å². The number of hydrogen-bond acceptors (Lipinski definition) is 2. The van der Waals surface area contributed by atoms with Gasteiger partial charge in [-0.3, -0.25) is 9.59 Å². The molecule has 158 valence electrons. The SMILES string of the molecule is CCN(CC)C(=O)C[C@@H]1CC2(CCN(C(=O)C3CCCC3)CC2)c2ccccc21. The summed E-state index contributed by atoms with van der Waals surface area (Å²) in [4.78, 5) is 29.8. The second-order valence-corrected chi connectivity index (χ2v) is 9.35. The van der Waals surface area contributed by atoms with Crippen LogP contribution in [0.5, 0.6) is 0 Å². The number of fused-ring (bicyclic) bond motifs is 2. The standard InChI is InChI=1S/C25H36N2O2/c1-3-26(4-2)23(28)17-20-18-25(22-12-8-7-11-21(20)22)13-15-27(16-14-25)24(29)19-9-5-6-10-19/h7-8,11-12,19-20H,3-6,9-10,13-18H2,1-2H3/t20-/m1/s1. The van der Waals surface area contributed by atoms with Crippen LogP contribution >= 0.6 is 0 Å². The minimum Gasteiger partial charge on any atom is -0.343 e. The van der Waals surface area contributed by atoms with Gasteiger partial charge in [0.05, 0.1) is 0 Å². The van der Waals surface area contributed by atoms with Crippen molar-refractivity contribution in [2.45, 2.75) is 76.5 Å². The maximum atomic E-state index is 12.9. The Morgan fingerprint density at radius 3 is 2.38 bits per heavy atom. The highest BCUT2D eigenvalue weighted by Crippen LogP contribution is 2.53. The molecule has 3 aliphatic rings. The normalized spacial score (nSPS) is 23.4. The topological polar surface area (TPSA) is 40.6 Å². The van der Waals surface area contributed by atoms with Gasteiger partial charge in [-0.1, -0.05) is 37.1 Å². The van der Waals surface area contributed by atoms with E-state index in [1.807, 2.05) is 4.90 Å². The molecule has 0 aromatic heterocycles. The van der Waals surface area contributed by atoms with Crippen LogP contribution in [0.3, 0.4) is 0 Å². The van der Waals surface area contributed by atoms with E-state index in [-0.39, 0.29) is 17.2 Å². The lowest BCUT2D eigenvalue weighted by Crippen LogP contribution is -2.46. The van der Waals surface area contributed by atoms with Crippen LogP contribution in [-0.2, 0) is 15.0 Å². The molecule has 4 rings (SSSR count). The number of likely N-dealkylation sites (tertiary alicyclic amines) is 1. The number of piperidine rings is 1. The summed E-state index contributed by atoms with van der Waals surface area (Å²) in [5.41, 5.74) is 2.98. The second-order valence-electron chi connectivity index (χ2n) is 9.35. The van der Waals surface area contributed by atoms with E-state index in [0.29, 0.717) is 18.2 Å². The third kappa shape index (κ3) is 3.83. The summed E-state index contributed by atoms with van der Waals surface area (Å²) in [5.74, 6) is 1.27. The van der Waals surface area contributed by atoms with Crippen molar-refractivity contribution in [2.24, 2.45) is 5.92 Å². The van der Waals surface area contributed by atoms with Crippen molar-refractivity contribution in [3.05, 3.63) is 35.4 Å². The van der Waals surface area contributed by atoms with Gasteiger partial charge in [0.15, 0.2) is 0 Å².